The number of nitrogens with one attached hydrogen (secondary N) is 1. The molecule has 0 amide bonds. The third-order valence-corrected chi connectivity index (χ3v) is 3.31. The molecule has 0 aromatic carbocycles. The van der Waals surface area contributed by atoms with Crippen LogP contribution in [0.2, 0.25) is 0 Å². The second-order valence-corrected chi connectivity index (χ2v) is 4.64. The van der Waals surface area contributed by atoms with E-state index in [1.165, 1.54) is 25.7 Å². The highest BCUT2D eigenvalue weighted by Gasteiger charge is 2.29. The van der Waals surface area contributed by atoms with E-state index in [1.807, 2.05) is 0 Å². The van der Waals surface area contributed by atoms with Crippen LogP contribution in [-0.2, 0) is 9.53 Å². The summed E-state index contributed by atoms with van der Waals surface area (Å²) in [7, 11) is 0. The summed E-state index contributed by atoms with van der Waals surface area (Å²) in [6.07, 6.45) is 5.91. The molecule has 3 atom stereocenters. The van der Waals surface area contributed by atoms with Gasteiger partial charge in [0, 0.05) is 12.5 Å². The van der Waals surface area contributed by atoms with Crippen LogP contribution in [-0.4, -0.2) is 24.7 Å². The van der Waals surface area contributed by atoms with E-state index in [9.17, 15) is 4.79 Å². The van der Waals surface area contributed by atoms with Crippen molar-refractivity contribution in [1.82, 2.24) is 5.32 Å². The fourth-order valence-corrected chi connectivity index (χ4v) is 2.52. The third-order valence-electron chi connectivity index (χ3n) is 3.31. The lowest BCUT2D eigenvalue weighted by atomic mass is 9.86. The highest BCUT2D eigenvalue weighted by molar-refractivity contribution is 5.77. The molecule has 2 rings (SSSR count). The molecule has 1 aliphatic heterocycles. The van der Waals surface area contributed by atoms with Gasteiger partial charge < -0.3 is 10.1 Å². The van der Waals surface area contributed by atoms with Crippen molar-refractivity contribution < 1.29 is 9.53 Å². The molecule has 1 saturated heterocycles. The van der Waals surface area contributed by atoms with Gasteiger partial charge in [0.1, 0.15) is 6.04 Å². The van der Waals surface area contributed by atoms with Crippen molar-refractivity contribution in [3.05, 3.63) is 0 Å². The zero-order valence-corrected chi connectivity index (χ0v) is 8.79. The summed E-state index contributed by atoms with van der Waals surface area (Å²) in [4.78, 5) is 11.2. The summed E-state index contributed by atoms with van der Waals surface area (Å²) >= 11 is 0. The van der Waals surface area contributed by atoms with Crippen molar-refractivity contribution in [2.75, 3.05) is 6.61 Å². The molecule has 0 aromatic rings. The first-order chi connectivity index (χ1) is 6.75. The summed E-state index contributed by atoms with van der Waals surface area (Å²) in [6.45, 7) is 2.89. The molecule has 3 nitrogen and oxygen atoms in total. The molecule has 2 fully saturated rings. The highest BCUT2D eigenvalue weighted by Crippen LogP contribution is 2.24. The van der Waals surface area contributed by atoms with Crippen molar-refractivity contribution in [3.63, 3.8) is 0 Å². The first kappa shape index (κ1) is 9.97. The zero-order valence-electron chi connectivity index (χ0n) is 8.79. The Morgan fingerprint density at radius 2 is 2.21 bits per heavy atom. The first-order valence-corrected chi connectivity index (χ1v) is 5.68. The maximum absolute atomic E-state index is 11.2. The van der Waals surface area contributed by atoms with Crippen LogP contribution in [0.4, 0.5) is 0 Å². The van der Waals surface area contributed by atoms with Gasteiger partial charge in [-0.2, -0.15) is 0 Å². The van der Waals surface area contributed by atoms with Crippen LogP contribution in [0, 0.1) is 5.92 Å². The monoisotopic (exact) mass is 197 g/mol. The molecular formula is C11H19NO2. The van der Waals surface area contributed by atoms with Gasteiger partial charge >= 0.3 is 5.97 Å². The Morgan fingerprint density at radius 3 is 2.86 bits per heavy atom. The van der Waals surface area contributed by atoms with Crippen LogP contribution in [0.1, 0.15) is 39.0 Å². The average Bonchev–Trinajstić information content (AvgIpc) is 2.52. The lowest BCUT2D eigenvalue weighted by molar-refractivity contribution is -0.139. The smallest absolute Gasteiger partial charge is 0.323 e. The lowest BCUT2D eigenvalue weighted by Crippen LogP contribution is -2.43. The Labute approximate surface area is 85.2 Å². The predicted molar refractivity (Wildman–Crippen MR) is 53.9 cm³/mol. The minimum Gasteiger partial charge on any atom is -0.464 e. The van der Waals surface area contributed by atoms with Gasteiger partial charge in [0.05, 0.1) is 6.61 Å². The number of hydrogen-bond acceptors (Lipinski definition) is 3. The fraction of sp³-hybridized carbons (Fsp3) is 0.909. The quantitative estimate of drug-likeness (QED) is 0.681. The lowest BCUT2D eigenvalue weighted by Gasteiger charge is -2.28. The Kier molecular flexibility index (Phi) is 3.06. The number of cyclic esters (lactones) is 1. The highest BCUT2D eigenvalue weighted by atomic mass is 16.5. The average molecular weight is 197 g/mol. The van der Waals surface area contributed by atoms with Crippen LogP contribution >= 0.6 is 0 Å². The molecule has 2 aliphatic rings. The van der Waals surface area contributed by atoms with Crippen LogP contribution in [0.5, 0.6) is 0 Å². The molecule has 0 spiro atoms. The zero-order chi connectivity index (χ0) is 9.97. The summed E-state index contributed by atoms with van der Waals surface area (Å²) in [5, 5.41) is 3.42. The molecule has 1 N–H and O–H groups in total. The number of rotatable bonds is 2. The van der Waals surface area contributed by atoms with E-state index in [-0.39, 0.29) is 12.0 Å². The minimum atomic E-state index is -0.0526. The Balaban J connectivity index is 1.81. The Bertz CT molecular complexity index is 217. The van der Waals surface area contributed by atoms with E-state index in [4.69, 9.17) is 4.74 Å². The van der Waals surface area contributed by atoms with E-state index < -0.39 is 0 Å². The van der Waals surface area contributed by atoms with Crippen molar-refractivity contribution in [1.29, 1.82) is 0 Å². The minimum absolute atomic E-state index is 0.0229. The molecule has 3 heteroatoms. The van der Waals surface area contributed by atoms with Crippen LogP contribution in [0.25, 0.3) is 0 Å². The summed E-state index contributed by atoms with van der Waals surface area (Å²) in [6, 6.07) is 0.514. The van der Waals surface area contributed by atoms with E-state index >= 15 is 0 Å². The topological polar surface area (TPSA) is 38.3 Å². The van der Waals surface area contributed by atoms with Crippen LogP contribution in [0.15, 0.2) is 0 Å². The van der Waals surface area contributed by atoms with E-state index in [1.54, 1.807) is 0 Å². The van der Waals surface area contributed by atoms with Gasteiger partial charge in [0.15, 0.2) is 0 Å². The molecular weight excluding hydrogens is 178 g/mol. The van der Waals surface area contributed by atoms with Gasteiger partial charge in [-0.15, -0.1) is 0 Å². The number of esters is 1. The molecule has 0 bridgehead atoms. The largest absolute Gasteiger partial charge is 0.464 e. The first-order valence-electron chi connectivity index (χ1n) is 5.68. The maximum Gasteiger partial charge on any atom is 0.323 e. The second kappa shape index (κ2) is 4.30. The van der Waals surface area contributed by atoms with E-state index in [0.29, 0.717) is 12.6 Å². The van der Waals surface area contributed by atoms with E-state index in [2.05, 4.69) is 12.2 Å². The summed E-state index contributed by atoms with van der Waals surface area (Å²) in [5.74, 6) is 0.752. The molecule has 1 aliphatic carbocycles. The summed E-state index contributed by atoms with van der Waals surface area (Å²) < 4.78 is 4.93. The SMILES string of the molecule is CC1CCCC(NC2CCOC2=O)C1. The van der Waals surface area contributed by atoms with E-state index in [0.717, 1.165) is 12.3 Å². The molecule has 80 valence electrons. The normalized spacial score (nSPS) is 38.4. The molecule has 0 aromatic heterocycles. The van der Waals surface area contributed by atoms with Gasteiger partial charge in [-0.1, -0.05) is 19.8 Å². The van der Waals surface area contributed by atoms with Crippen LogP contribution in [0.3, 0.4) is 0 Å². The van der Waals surface area contributed by atoms with Crippen molar-refractivity contribution >= 4 is 5.97 Å². The third kappa shape index (κ3) is 2.27. The van der Waals surface area contributed by atoms with Crippen molar-refractivity contribution in [3.8, 4) is 0 Å². The maximum atomic E-state index is 11.2. The molecule has 14 heavy (non-hydrogen) atoms. The number of ether oxygens (including phenoxy) is 1. The number of carbonyl (C=O) groups is 1. The predicted octanol–water partition coefficient (Wildman–Crippen LogP) is 1.47. The number of carbonyl (C=O) groups excluding carboxylic acids is 1. The Morgan fingerprint density at radius 1 is 1.36 bits per heavy atom. The van der Waals surface area contributed by atoms with Gasteiger partial charge in [-0.3, -0.25) is 4.79 Å². The molecule has 0 radical (unpaired) electrons. The second-order valence-electron chi connectivity index (χ2n) is 4.64. The Hall–Kier alpha value is -0.570. The van der Waals surface area contributed by atoms with Crippen LogP contribution < -0.4 is 5.32 Å². The summed E-state index contributed by atoms with van der Waals surface area (Å²) in [5.41, 5.74) is 0. The molecule has 1 saturated carbocycles. The van der Waals surface area contributed by atoms with Gasteiger partial charge in [0.25, 0.3) is 0 Å². The molecule has 1 heterocycles. The van der Waals surface area contributed by atoms with Crippen molar-refractivity contribution in [2.45, 2.75) is 51.1 Å². The van der Waals surface area contributed by atoms with Crippen molar-refractivity contribution in [2.24, 2.45) is 5.92 Å². The fourth-order valence-electron chi connectivity index (χ4n) is 2.52. The van der Waals surface area contributed by atoms with Gasteiger partial charge in [-0.05, 0) is 18.8 Å². The van der Waals surface area contributed by atoms with Gasteiger partial charge in [0.2, 0.25) is 0 Å². The van der Waals surface area contributed by atoms with Gasteiger partial charge in [-0.25, -0.2) is 0 Å². The standard InChI is InChI=1S/C11H19NO2/c1-8-3-2-4-9(7-8)12-10-5-6-14-11(10)13/h8-10,12H,2-7H2,1H3. The molecule has 3 unspecified atom stereocenters. The number of hydrogen-bond donors (Lipinski definition) is 1.